The second kappa shape index (κ2) is 7.80. The van der Waals surface area contributed by atoms with Crippen LogP contribution in [-0.4, -0.2) is 7.05 Å². The molecule has 26 heavy (non-hydrogen) atoms. The van der Waals surface area contributed by atoms with Gasteiger partial charge in [-0.2, -0.15) is 0 Å². The van der Waals surface area contributed by atoms with Crippen LogP contribution in [-0.2, 0) is 6.61 Å². The van der Waals surface area contributed by atoms with Crippen LogP contribution in [0.1, 0.15) is 23.6 Å². The van der Waals surface area contributed by atoms with Gasteiger partial charge in [0.1, 0.15) is 12.4 Å². The first kappa shape index (κ1) is 17.6. The fourth-order valence-corrected chi connectivity index (χ4v) is 3.12. The maximum atomic E-state index is 6.14. The highest BCUT2D eigenvalue weighted by Gasteiger charge is 2.06. The Hall–Kier alpha value is -3.18. The molecular formula is C24H23NO. The smallest absolute Gasteiger partial charge is 0.127 e. The van der Waals surface area contributed by atoms with Crippen LogP contribution in [0, 0.1) is 19.3 Å². The molecule has 2 nitrogen and oxygen atoms in total. The highest BCUT2D eigenvalue weighted by Crippen LogP contribution is 2.29. The van der Waals surface area contributed by atoms with Crippen molar-refractivity contribution in [1.82, 2.24) is 5.32 Å². The molecule has 3 aromatic carbocycles. The number of nitrogens with one attached hydrogen (secondary N) is 1. The van der Waals surface area contributed by atoms with Gasteiger partial charge in [0.05, 0.1) is 5.70 Å². The van der Waals surface area contributed by atoms with Crippen LogP contribution < -0.4 is 10.1 Å². The predicted molar refractivity (Wildman–Crippen MR) is 110 cm³/mol. The maximum Gasteiger partial charge on any atom is 0.127 e. The molecule has 0 aromatic heterocycles. The van der Waals surface area contributed by atoms with E-state index in [2.05, 4.69) is 60.6 Å². The zero-order valence-corrected chi connectivity index (χ0v) is 15.5. The summed E-state index contributed by atoms with van der Waals surface area (Å²) in [7, 11) is 1.84. The minimum absolute atomic E-state index is 0.513. The van der Waals surface area contributed by atoms with Crippen molar-refractivity contribution in [3.8, 4) is 18.1 Å². The molecule has 1 N–H and O–H groups in total. The third-order valence-corrected chi connectivity index (χ3v) is 4.63. The first-order chi connectivity index (χ1) is 12.6. The zero-order valence-electron chi connectivity index (χ0n) is 15.5. The van der Waals surface area contributed by atoms with E-state index in [1.165, 1.54) is 10.9 Å². The van der Waals surface area contributed by atoms with E-state index in [0.717, 1.165) is 33.5 Å². The van der Waals surface area contributed by atoms with Crippen molar-refractivity contribution in [2.45, 2.75) is 20.5 Å². The van der Waals surface area contributed by atoms with Crippen LogP contribution in [0.3, 0.4) is 0 Å². The lowest BCUT2D eigenvalue weighted by Gasteiger charge is -2.12. The third-order valence-electron chi connectivity index (χ3n) is 4.63. The average Bonchev–Trinajstić information content (AvgIpc) is 2.69. The molecular weight excluding hydrogens is 318 g/mol. The van der Waals surface area contributed by atoms with Crippen molar-refractivity contribution in [3.05, 3.63) is 83.1 Å². The van der Waals surface area contributed by atoms with Gasteiger partial charge in [0.25, 0.3) is 0 Å². The summed E-state index contributed by atoms with van der Waals surface area (Å²) in [4.78, 5) is 0. The first-order valence-electron chi connectivity index (χ1n) is 8.69. The van der Waals surface area contributed by atoms with Crippen molar-refractivity contribution in [2.75, 3.05) is 7.05 Å². The lowest BCUT2D eigenvalue weighted by Crippen LogP contribution is -2.06. The van der Waals surface area contributed by atoms with E-state index in [1.54, 1.807) is 0 Å². The number of ether oxygens (including phenoxy) is 1. The molecule has 0 aliphatic heterocycles. The Morgan fingerprint density at radius 1 is 1.04 bits per heavy atom. The highest BCUT2D eigenvalue weighted by atomic mass is 16.5. The lowest BCUT2D eigenvalue weighted by molar-refractivity contribution is 0.310. The second-order valence-corrected chi connectivity index (χ2v) is 6.31. The van der Waals surface area contributed by atoms with Gasteiger partial charge in [-0.05, 0) is 53.6 Å². The van der Waals surface area contributed by atoms with E-state index in [4.69, 9.17) is 11.2 Å². The van der Waals surface area contributed by atoms with E-state index in [-0.39, 0.29) is 0 Å². The van der Waals surface area contributed by atoms with Crippen LogP contribution in [0.2, 0.25) is 0 Å². The van der Waals surface area contributed by atoms with Crippen LogP contribution in [0.25, 0.3) is 16.3 Å². The van der Waals surface area contributed by atoms with Gasteiger partial charge in [0.15, 0.2) is 0 Å². The maximum absolute atomic E-state index is 6.14. The fraction of sp³-hybridized carbons (Fsp3) is 0.167. The Balaban J connectivity index is 1.86. The first-order valence-corrected chi connectivity index (χ1v) is 8.69. The molecule has 2 heteroatoms. The molecule has 0 spiro atoms. The molecule has 0 aliphatic rings. The zero-order chi connectivity index (χ0) is 18.5. The molecule has 3 aromatic rings. The Bertz CT molecular complexity index is 1010. The Morgan fingerprint density at radius 3 is 2.54 bits per heavy atom. The average molecular weight is 341 g/mol. The van der Waals surface area contributed by atoms with Gasteiger partial charge in [-0.3, -0.25) is 0 Å². The lowest BCUT2D eigenvalue weighted by atomic mass is 10.0. The summed E-state index contributed by atoms with van der Waals surface area (Å²) in [6.45, 7) is 4.66. The Kier molecular flexibility index (Phi) is 5.29. The molecule has 0 bridgehead atoms. The molecule has 0 aliphatic carbocycles. The Labute approximate surface area is 155 Å². The van der Waals surface area contributed by atoms with Crippen LogP contribution in [0.15, 0.2) is 66.4 Å². The summed E-state index contributed by atoms with van der Waals surface area (Å²) in [5.41, 5.74) is 5.32. The summed E-state index contributed by atoms with van der Waals surface area (Å²) in [5, 5.41) is 5.44. The van der Waals surface area contributed by atoms with Crippen molar-refractivity contribution in [3.63, 3.8) is 0 Å². The SMILES string of the molecule is C#C/C(NC)=C(/C)c1cccc(COc2ccc(C)c3ccccc23)c1. The van der Waals surface area contributed by atoms with Crippen molar-refractivity contribution in [2.24, 2.45) is 0 Å². The molecule has 0 heterocycles. The van der Waals surface area contributed by atoms with Gasteiger partial charge in [-0.15, -0.1) is 6.42 Å². The topological polar surface area (TPSA) is 21.3 Å². The minimum Gasteiger partial charge on any atom is -0.488 e. The quantitative estimate of drug-likeness (QED) is 0.635. The van der Waals surface area contributed by atoms with Crippen LogP contribution in [0.4, 0.5) is 0 Å². The number of benzene rings is 3. The number of allylic oxidation sites excluding steroid dienone is 2. The van der Waals surface area contributed by atoms with Crippen LogP contribution in [0.5, 0.6) is 5.75 Å². The van der Waals surface area contributed by atoms with Gasteiger partial charge in [-0.25, -0.2) is 0 Å². The molecule has 0 unspecified atom stereocenters. The van der Waals surface area contributed by atoms with E-state index >= 15 is 0 Å². The largest absolute Gasteiger partial charge is 0.488 e. The van der Waals surface area contributed by atoms with Gasteiger partial charge >= 0.3 is 0 Å². The van der Waals surface area contributed by atoms with E-state index in [1.807, 2.05) is 32.2 Å². The molecule has 0 saturated carbocycles. The highest BCUT2D eigenvalue weighted by molar-refractivity contribution is 5.90. The van der Waals surface area contributed by atoms with E-state index in [0.29, 0.717) is 6.61 Å². The van der Waals surface area contributed by atoms with Gasteiger partial charge in [-0.1, -0.05) is 54.5 Å². The summed E-state index contributed by atoms with van der Waals surface area (Å²) >= 11 is 0. The molecule has 0 saturated heterocycles. The number of hydrogen-bond donors (Lipinski definition) is 1. The Morgan fingerprint density at radius 2 is 1.81 bits per heavy atom. The van der Waals surface area contributed by atoms with Crippen molar-refractivity contribution in [1.29, 1.82) is 0 Å². The van der Waals surface area contributed by atoms with Gasteiger partial charge < -0.3 is 10.1 Å². The molecule has 3 rings (SSSR count). The number of fused-ring (bicyclic) bond motifs is 1. The normalized spacial score (nSPS) is 11.6. The van der Waals surface area contributed by atoms with E-state index < -0.39 is 0 Å². The number of rotatable bonds is 5. The molecule has 0 amide bonds. The third kappa shape index (κ3) is 3.58. The fourth-order valence-electron chi connectivity index (χ4n) is 3.12. The molecule has 130 valence electrons. The second-order valence-electron chi connectivity index (χ2n) is 6.31. The number of aryl methyl sites for hydroxylation is 1. The standard InChI is InChI=1S/C24H23NO/c1-5-23(25-4)18(3)20-10-8-9-19(15-20)16-26-24-14-13-17(2)21-11-6-7-12-22(21)24/h1,6-15,25H,16H2,2-4H3/b23-18+. The van der Waals surface area contributed by atoms with Crippen molar-refractivity contribution < 1.29 is 4.74 Å². The summed E-state index contributed by atoms with van der Waals surface area (Å²) in [6, 6.07) is 20.8. The minimum atomic E-state index is 0.513. The van der Waals surface area contributed by atoms with Gasteiger partial charge in [0.2, 0.25) is 0 Å². The molecule has 0 radical (unpaired) electrons. The molecule has 0 fully saturated rings. The van der Waals surface area contributed by atoms with Crippen molar-refractivity contribution >= 4 is 16.3 Å². The predicted octanol–water partition coefficient (Wildman–Crippen LogP) is 5.31. The van der Waals surface area contributed by atoms with E-state index in [9.17, 15) is 0 Å². The summed E-state index contributed by atoms with van der Waals surface area (Å²) in [5.74, 6) is 3.60. The summed E-state index contributed by atoms with van der Waals surface area (Å²) in [6.07, 6.45) is 5.56. The van der Waals surface area contributed by atoms with Gasteiger partial charge in [0, 0.05) is 12.4 Å². The summed E-state index contributed by atoms with van der Waals surface area (Å²) < 4.78 is 6.14. The monoisotopic (exact) mass is 341 g/mol. The number of terminal acetylenes is 1. The molecule has 0 atom stereocenters. The number of hydrogen-bond acceptors (Lipinski definition) is 2. The van der Waals surface area contributed by atoms with Crippen LogP contribution >= 0.6 is 0 Å².